The van der Waals surface area contributed by atoms with E-state index >= 15 is 0 Å². The fourth-order valence-corrected chi connectivity index (χ4v) is 4.16. The van der Waals surface area contributed by atoms with Crippen LogP contribution in [0.3, 0.4) is 0 Å². The summed E-state index contributed by atoms with van der Waals surface area (Å²) in [4.78, 5) is 28.6. The van der Waals surface area contributed by atoms with Crippen LogP contribution < -0.4 is 10.6 Å². The number of halogens is 1. The number of pyridine rings is 2. The van der Waals surface area contributed by atoms with Crippen molar-refractivity contribution < 1.29 is 9.18 Å². The quantitative estimate of drug-likeness (QED) is 0.274. The van der Waals surface area contributed by atoms with Gasteiger partial charge in [0.15, 0.2) is 0 Å². The van der Waals surface area contributed by atoms with Gasteiger partial charge in [-0.05, 0) is 44.3 Å². The summed E-state index contributed by atoms with van der Waals surface area (Å²) in [7, 11) is 5.56. The highest BCUT2D eigenvalue weighted by Gasteiger charge is 2.20. The Kier molecular flexibility index (Phi) is 7.59. The highest BCUT2D eigenvalue weighted by Crippen LogP contribution is 2.27. The number of amides is 1. The first-order chi connectivity index (χ1) is 17.3. The standard InChI is InChI=1S/C27H32FN7O/c1-6-25-31-15-18(35(25)5)16-34(4)27(36)20-14-24(32-21-8-7-17(2)13-19(20)21)22-9-10-23(26(28)33-22)30-12-11-29-3/h7-10,13-15,29-30H,6,11-12,16H2,1-5H3. The molecule has 4 aromatic rings. The number of rotatable bonds is 9. The van der Waals surface area contributed by atoms with Crippen LogP contribution in [0.15, 0.2) is 42.6 Å². The summed E-state index contributed by atoms with van der Waals surface area (Å²) in [5, 5.41) is 6.78. The van der Waals surface area contributed by atoms with Crippen LogP contribution in [-0.4, -0.2) is 57.5 Å². The van der Waals surface area contributed by atoms with Crippen molar-refractivity contribution in [2.45, 2.75) is 26.8 Å². The molecule has 4 rings (SSSR count). The highest BCUT2D eigenvalue weighted by atomic mass is 19.1. The fourth-order valence-electron chi connectivity index (χ4n) is 4.16. The second kappa shape index (κ2) is 10.8. The van der Waals surface area contributed by atoms with E-state index in [1.807, 2.05) is 50.0 Å². The Labute approximate surface area is 210 Å². The van der Waals surface area contributed by atoms with Gasteiger partial charge in [0.05, 0.1) is 46.6 Å². The van der Waals surface area contributed by atoms with Gasteiger partial charge >= 0.3 is 0 Å². The lowest BCUT2D eigenvalue weighted by Crippen LogP contribution is -2.27. The third-order valence-corrected chi connectivity index (χ3v) is 6.24. The van der Waals surface area contributed by atoms with Crippen LogP contribution in [0.25, 0.3) is 22.3 Å². The van der Waals surface area contributed by atoms with Gasteiger partial charge in [0, 0.05) is 39.0 Å². The minimum absolute atomic E-state index is 0.153. The molecule has 0 bridgehead atoms. The summed E-state index contributed by atoms with van der Waals surface area (Å²) >= 11 is 0. The van der Waals surface area contributed by atoms with Crippen molar-refractivity contribution in [3.05, 3.63) is 71.2 Å². The van der Waals surface area contributed by atoms with E-state index in [0.717, 1.165) is 28.9 Å². The van der Waals surface area contributed by atoms with Crippen LogP contribution in [0.1, 0.15) is 34.4 Å². The normalized spacial score (nSPS) is 11.2. The Morgan fingerprint density at radius 2 is 1.92 bits per heavy atom. The molecule has 9 heteroatoms. The van der Waals surface area contributed by atoms with Crippen LogP contribution in [0.5, 0.6) is 0 Å². The predicted molar refractivity (Wildman–Crippen MR) is 140 cm³/mol. The lowest BCUT2D eigenvalue weighted by Gasteiger charge is -2.19. The number of imidazole rings is 1. The van der Waals surface area contributed by atoms with Gasteiger partial charge in [-0.2, -0.15) is 4.39 Å². The zero-order valence-corrected chi connectivity index (χ0v) is 21.4. The molecule has 1 amide bonds. The van der Waals surface area contributed by atoms with Crippen molar-refractivity contribution in [3.63, 3.8) is 0 Å². The molecule has 188 valence electrons. The van der Waals surface area contributed by atoms with Crippen molar-refractivity contribution in [1.29, 1.82) is 0 Å². The number of likely N-dealkylation sites (N-methyl/N-ethyl adjacent to an activating group) is 1. The Bertz CT molecular complexity index is 1400. The summed E-state index contributed by atoms with van der Waals surface area (Å²) < 4.78 is 16.7. The van der Waals surface area contributed by atoms with Gasteiger partial charge in [-0.3, -0.25) is 4.79 Å². The monoisotopic (exact) mass is 489 g/mol. The van der Waals surface area contributed by atoms with E-state index in [9.17, 15) is 9.18 Å². The Morgan fingerprint density at radius 1 is 1.11 bits per heavy atom. The van der Waals surface area contributed by atoms with Gasteiger partial charge in [-0.15, -0.1) is 0 Å². The Hall–Kier alpha value is -3.85. The van der Waals surface area contributed by atoms with Gasteiger partial charge < -0.3 is 20.1 Å². The van der Waals surface area contributed by atoms with Crippen LogP contribution in [-0.2, 0) is 20.0 Å². The van der Waals surface area contributed by atoms with Gasteiger partial charge in [-0.1, -0.05) is 18.6 Å². The lowest BCUT2D eigenvalue weighted by atomic mass is 10.0. The summed E-state index contributed by atoms with van der Waals surface area (Å²) in [5.74, 6) is 0.205. The van der Waals surface area contributed by atoms with E-state index < -0.39 is 5.95 Å². The first-order valence-electron chi connectivity index (χ1n) is 12.0. The number of nitrogens with one attached hydrogen (secondary N) is 2. The lowest BCUT2D eigenvalue weighted by molar-refractivity contribution is 0.0784. The van der Waals surface area contributed by atoms with Crippen LogP contribution in [0.2, 0.25) is 0 Å². The van der Waals surface area contributed by atoms with Crippen molar-refractivity contribution in [3.8, 4) is 11.4 Å². The number of hydrogen-bond acceptors (Lipinski definition) is 6. The summed E-state index contributed by atoms with van der Waals surface area (Å²) in [6.07, 6.45) is 2.63. The molecule has 0 unspecified atom stereocenters. The highest BCUT2D eigenvalue weighted by molar-refractivity contribution is 6.07. The maximum absolute atomic E-state index is 14.7. The predicted octanol–water partition coefficient (Wildman–Crippen LogP) is 3.94. The minimum Gasteiger partial charge on any atom is -0.380 e. The molecule has 3 aromatic heterocycles. The molecule has 0 atom stereocenters. The number of nitrogens with zero attached hydrogens (tertiary/aromatic N) is 5. The minimum atomic E-state index is -0.609. The zero-order chi connectivity index (χ0) is 25.8. The van der Waals surface area contributed by atoms with Crippen LogP contribution >= 0.6 is 0 Å². The third kappa shape index (κ3) is 5.21. The van der Waals surface area contributed by atoms with Crippen molar-refractivity contribution in [1.82, 2.24) is 29.7 Å². The number of carbonyl (C=O) groups is 1. The van der Waals surface area contributed by atoms with E-state index in [4.69, 9.17) is 4.98 Å². The maximum atomic E-state index is 14.7. The summed E-state index contributed by atoms with van der Waals surface area (Å²) in [6.45, 7) is 5.71. The molecule has 3 heterocycles. The molecule has 0 saturated carbocycles. The van der Waals surface area contributed by atoms with Crippen LogP contribution in [0.4, 0.5) is 10.1 Å². The number of anilines is 1. The summed E-state index contributed by atoms with van der Waals surface area (Å²) in [6, 6.07) is 10.8. The number of benzene rings is 1. The third-order valence-electron chi connectivity index (χ3n) is 6.24. The number of hydrogen-bond donors (Lipinski definition) is 2. The summed E-state index contributed by atoms with van der Waals surface area (Å²) in [5.41, 5.74) is 4.25. The fraction of sp³-hybridized carbons (Fsp3) is 0.333. The van der Waals surface area contributed by atoms with Gasteiger partial charge in [0.25, 0.3) is 5.91 Å². The molecule has 0 saturated heterocycles. The van der Waals surface area contributed by atoms with Crippen molar-refractivity contribution in [2.24, 2.45) is 7.05 Å². The molecule has 0 spiro atoms. The number of carbonyl (C=O) groups excluding carboxylic acids is 1. The molecule has 36 heavy (non-hydrogen) atoms. The molecule has 0 fully saturated rings. The average Bonchev–Trinajstić information content (AvgIpc) is 3.22. The van der Waals surface area contributed by atoms with E-state index in [1.54, 1.807) is 30.1 Å². The number of aryl methyl sites for hydroxylation is 2. The molecular formula is C27H32FN7O. The van der Waals surface area contributed by atoms with E-state index in [0.29, 0.717) is 47.8 Å². The first kappa shape index (κ1) is 25.2. The van der Waals surface area contributed by atoms with Gasteiger partial charge in [0.2, 0.25) is 5.95 Å². The topological polar surface area (TPSA) is 88.0 Å². The van der Waals surface area contributed by atoms with Crippen LogP contribution in [0, 0.1) is 12.9 Å². The largest absolute Gasteiger partial charge is 0.380 e. The molecule has 0 aliphatic carbocycles. The molecule has 8 nitrogen and oxygen atoms in total. The first-order valence-corrected chi connectivity index (χ1v) is 12.0. The van der Waals surface area contributed by atoms with Crippen molar-refractivity contribution >= 4 is 22.5 Å². The molecular weight excluding hydrogens is 457 g/mol. The smallest absolute Gasteiger partial charge is 0.254 e. The zero-order valence-electron chi connectivity index (χ0n) is 21.4. The molecule has 2 N–H and O–H groups in total. The molecule has 1 aromatic carbocycles. The molecule has 0 aliphatic rings. The van der Waals surface area contributed by atoms with Crippen molar-refractivity contribution in [2.75, 3.05) is 32.5 Å². The van der Waals surface area contributed by atoms with E-state index in [1.165, 1.54) is 0 Å². The van der Waals surface area contributed by atoms with Gasteiger partial charge in [0.1, 0.15) is 5.82 Å². The van der Waals surface area contributed by atoms with E-state index in [2.05, 4.69) is 27.5 Å². The average molecular weight is 490 g/mol. The SMILES string of the molecule is CCc1ncc(CN(C)C(=O)c2cc(-c3ccc(NCCNC)c(F)n3)nc3ccc(C)cc23)n1C. The Balaban J connectivity index is 1.71. The van der Waals surface area contributed by atoms with E-state index in [-0.39, 0.29) is 5.91 Å². The number of fused-ring (bicyclic) bond motifs is 1. The molecule has 0 radical (unpaired) electrons. The maximum Gasteiger partial charge on any atom is 0.254 e. The Morgan fingerprint density at radius 3 is 2.61 bits per heavy atom. The molecule has 0 aliphatic heterocycles. The van der Waals surface area contributed by atoms with Gasteiger partial charge in [-0.25, -0.2) is 15.0 Å². The number of aromatic nitrogens is 4. The second-order valence-corrected chi connectivity index (χ2v) is 8.88. The second-order valence-electron chi connectivity index (χ2n) is 8.88.